The van der Waals surface area contributed by atoms with Gasteiger partial charge >= 0.3 is 0 Å². The van der Waals surface area contributed by atoms with E-state index in [1.807, 2.05) is 0 Å². The fraction of sp³-hybridized carbons (Fsp3) is 0.643. The predicted octanol–water partition coefficient (Wildman–Crippen LogP) is 2.42. The highest BCUT2D eigenvalue weighted by Gasteiger charge is 2.45. The molecule has 3 heterocycles. The Bertz CT molecular complexity index is 403. The summed E-state index contributed by atoms with van der Waals surface area (Å²) in [5.41, 5.74) is -0.295. The average Bonchev–Trinajstić information content (AvgIpc) is 3.11. The van der Waals surface area contributed by atoms with Crippen molar-refractivity contribution in [3.8, 4) is 0 Å². The maximum absolute atomic E-state index is 12.9. The lowest BCUT2D eigenvalue weighted by Crippen LogP contribution is -2.48. The molecule has 18 heavy (non-hydrogen) atoms. The van der Waals surface area contributed by atoms with Crippen LogP contribution in [0.15, 0.2) is 17.5 Å². The van der Waals surface area contributed by atoms with Crippen LogP contribution in [0.4, 0.5) is 0 Å². The molecule has 0 aromatic carbocycles. The zero-order chi connectivity index (χ0) is 12.4. The van der Waals surface area contributed by atoms with Gasteiger partial charge < -0.3 is 9.64 Å². The van der Waals surface area contributed by atoms with Crippen LogP contribution < -0.4 is 0 Å². The highest BCUT2D eigenvalue weighted by molar-refractivity contribution is 7.10. The van der Waals surface area contributed by atoms with Gasteiger partial charge in [-0.2, -0.15) is 0 Å². The molecule has 0 unspecified atom stereocenters. The van der Waals surface area contributed by atoms with Crippen molar-refractivity contribution in [2.45, 2.75) is 31.1 Å². The number of rotatable bonds is 2. The van der Waals surface area contributed by atoms with E-state index in [4.69, 9.17) is 4.74 Å². The minimum absolute atomic E-state index is 0.295. The van der Waals surface area contributed by atoms with Gasteiger partial charge in [-0.25, -0.2) is 0 Å². The van der Waals surface area contributed by atoms with E-state index in [9.17, 15) is 4.79 Å². The molecule has 0 radical (unpaired) electrons. The molecule has 0 atom stereocenters. The summed E-state index contributed by atoms with van der Waals surface area (Å²) >= 11 is 1.71. The molecule has 3 rings (SSSR count). The number of hydrogen-bond donors (Lipinski definition) is 0. The maximum Gasteiger partial charge on any atom is 0.234 e. The molecule has 3 nitrogen and oxygen atoms in total. The van der Waals surface area contributed by atoms with Crippen molar-refractivity contribution in [2.75, 3.05) is 26.3 Å². The van der Waals surface area contributed by atoms with Crippen LogP contribution >= 0.6 is 11.3 Å². The zero-order valence-corrected chi connectivity index (χ0v) is 11.4. The lowest BCUT2D eigenvalue weighted by molar-refractivity contribution is -0.140. The summed E-state index contributed by atoms with van der Waals surface area (Å²) in [5, 5.41) is 2.07. The molecule has 1 amide bonds. The van der Waals surface area contributed by atoms with Gasteiger partial charge in [0.1, 0.15) is 0 Å². The van der Waals surface area contributed by atoms with E-state index in [-0.39, 0.29) is 5.41 Å². The molecular weight excluding hydrogens is 246 g/mol. The molecule has 0 N–H and O–H groups in total. The molecule has 0 aliphatic carbocycles. The first-order valence-electron chi connectivity index (χ1n) is 6.74. The van der Waals surface area contributed by atoms with Gasteiger partial charge in [-0.05, 0) is 37.1 Å². The first-order chi connectivity index (χ1) is 8.83. The van der Waals surface area contributed by atoms with E-state index in [1.165, 1.54) is 4.88 Å². The van der Waals surface area contributed by atoms with Gasteiger partial charge in [0.25, 0.3) is 0 Å². The number of carbonyl (C=O) groups is 1. The Hall–Kier alpha value is -0.870. The second kappa shape index (κ2) is 5.02. The van der Waals surface area contributed by atoms with Crippen molar-refractivity contribution in [1.29, 1.82) is 0 Å². The molecule has 2 fully saturated rings. The van der Waals surface area contributed by atoms with Gasteiger partial charge in [-0.3, -0.25) is 4.79 Å². The number of ether oxygens (including phenoxy) is 1. The van der Waals surface area contributed by atoms with Crippen molar-refractivity contribution in [2.24, 2.45) is 0 Å². The van der Waals surface area contributed by atoms with Crippen molar-refractivity contribution < 1.29 is 9.53 Å². The molecule has 2 saturated heterocycles. The number of thiophene rings is 1. The largest absolute Gasteiger partial charge is 0.381 e. The Morgan fingerprint density at radius 3 is 2.61 bits per heavy atom. The van der Waals surface area contributed by atoms with Crippen LogP contribution in [0.25, 0.3) is 0 Å². The van der Waals surface area contributed by atoms with Crippen LogP contribution in [0.2, 0.25) is 0 Å². The number of hydrogen-bond acceptors (Lipinski definition) is 3. The molecule has 1 aromatic rings. The van der Waals surface area contributed by atoms with Crippen LogP contribution in [-0.2, 0) is 14.9 Å². The summed E-state index contributed by atoms with van der Waals surface area (Å²) < 4.78 is 5.47. The van der Waals surface area contributed by atoms with Crippen molar-refractivity contribution in [1.82, 2.24) is 4.90 Å². The number of amides is 1. The van der Waals surface area contributed by atoms with Gasteiger partial charge in [0, 0.05) is 31.2 Å². The van der Waals surface area contributed by atoms with Crippen molar-refractivity contribution >= 4 is 17.2 Å². The van der Waals surface area contributed by atoms with Gasteiger partial charge in [0.15, 0.2) is 0 Å². The number of carbonyl (C=O) groups excluding carboxylic acids is 1. The fourth-order valence-corrected chi connectivity index (χ4v) is 4.04. The quantitative estimate of drug-likeness (QED) is 0.822. The molecule has 98 valence electrons. The topological polar surface area (TPSA) is 29.5 Å². The Morgan fingerprint density at radius 2 is 2.00 bits per heavy atom. The third-order valence-electron chi connectivity index (χ3n) is 4.14. The lowest BCUT2D eigenvalue weighted by Gasteiger charge is -2.37. The van der Waals surface area contributed by atoms with Crippen LogP contribution in [0.1, 0.15) is 30.6 Å². The summed E-state index contributed by atoms with van der Waals surface area (Å²) in [6.45, 7) is 3.29. The highest BCUT2D eigenvalue weighted by Crippen LogP contribution is 2.39. The SMILES string of the molecule is O=C(N1CCCC1)C1(c2cccs2)CCOCC1. The summed E-state index contributed by atoms with van der Waals surface area (Å²) in [7, 11) is 0. The summed E-state index contributed by atoms with van der Waals surface area (Å²) in [6.07, 6.45) is 3.98. The smallest absolute Gasteiger partial charge is 0.234 e. The first-order valence-corrected chi connectivity index (χ1v) is 7.62. The summed E-state index contributed by atoms with van der Waals surface area (Å²) in [5.74, 6) is 0.339. The van der Waals surface area contributed by atoms with E-state index in [0.717, 1.165) is 38.8 Å². The van der Waals surface area contributed by atoms with Gasteiger partial charge in [0.05, 0.1) is 5.41 Å². The van der Waals surface area contributed by atoms with Crippen LogP contribution in [0.3, 0.4) is 0 Å². The molecule has 2 aliphatic rings. The fourth-order valence-electron chi connectivity index (χ4n) is 3.06. The van der Waals surface area contributed by atoms with E-state index in [0.29, 0.717) is 19.1 Å². The van der Waals surface area contributed by atoms with Crippen LogP contribution in [0, 0.1) is 0 Å². The summed E-state index contributed by atoms with van der Waals surface area (Å²) in [4.78, 5) is 16.2. The van der Waals surface area contributed by atoms with E-state index in [1.54, 1.807) is 11.3 Å². The summed E-state index contributed by atoms with van der Waals surface area (Å²) in [6, 6.07) is 4.17. The molecular formula is C14H19NO2S. The van der Waals surface area contributed by atoms with Crippen LogP contribution in [-0.4, -0.2) is 37.1 Å². The second-order valence-electron chi connectivity index (χ2n) is 5.17. The third kappa shape index (κ3) is 1.97. The van der Waals surface area contributed by atoms with Crippen molar-refractivity contribution in [3.05, 3.63) is 22.4 Å². The van der Waals surface area contributed by atoms with Crippen LogP contribution in [0.5, 0.6) is 0 Å². The predicted molar refractivity (Wildman–Crippen MR) is 71.9 cm³/mol. The second-order valence-corrected chi connectivity index (χ2v) is 6.12. The van der Waals surface area contributed by atoms with Gasteiger partial charge in [-0.1, -0.05) is 6.07 Å². The Balaban J connectivity index is 1.91. The molecule has 2 aliphatic heterocycles. The molecule has 4 heteroatoms. The minimum atomic E-state index is -0.295. The first kappa shape index (κ1) is 12.2. The van der Waals surface area contributed by atoms with E-state index >= 15 is 0 Å². The molecule has 0 saturated carbocycles. The normalized spacial score (nSPS) is 23.2. The molecule has 0 spiro atoms. The Kier molecular flexibility index (Phi) is 3.39. The molecule has 1 aromatic heterocycles. The third-order valence-corrected chi connectivity index (χ3v) is 5.22. The average molecular weight is 265 g/mol. The van der Waals surface area contributed by atoms with E-state index < -0.39 is 0 Å². The van der Waals surface area contributed by atoms with Crippen molar-refractivity contribution in [3.63, 3.8) is 0 Å². The highest BCUT2D eigenvalue weighted by atomic mass is 32.1. The lowest BCUT2D eigenvalue weighted by atomic mass is 9.77. The maximum atomic E-state index is 12.9. The minimum Gasteiger partial charge on any atom is -0.381 e. The molecule has 0 bridgehead atoms. The number of likely N-dealkylation sites (tertiary alicyclic amines) is 1. The van der Waals surface area contributed by atoms with E-state index in [2.05, 4.69) is 22.4 Å². The monoisotopic (exact) mass is 265 g/mol. The Morgan fingerprint density at radius 1 is 1.28 bits per heavy atom. The standard InChI is InChI=1S/C14H19NO2S/c16-13(15-7-1-2-8-15)14(5-9-17-10-6-14)12-4-3-11-18-12/h3-4,11H,1-2,5-10H2. The number of nitrogens with zero attached hydrogens (tertiary/aromatic N) is 1. The zero-order valence-electron chi connectivity index (χ0n) is 10.6. The van der Waals surface area contributed by atoms with Gasteiger partial charge in [0.2, 0.25) is 5.91 Å². The van der Waals surface area contributed by atoms with Gasteiger partial charge in [-0.15, -0.1) is 11.3 Å². The Labute approximate surface area is 112 Å².